The van der Waals surface area contributed by atoms with Crippen LogP contribution in [0.15, 0.2) is 0 Å². The van der Waals surface area contributed by atoms with Gasteiger partial charge in [-0.15, -0.1) is 0 Å². The number of carbonyl (C=O) groups is 5. The molecule has 11 heteroatoms. The third kappa shape index (κ3) is 15.5. The van der Waals surface area contributed by atoms with E-state index in [0.29, 0.717) is 32.4 Å². The van der Waals surface area contributed by atoms with Crippen LogP contribution >= 0.6 is 0 Å². The summed E-state index contributed by atoms with van der Waals surface area (Å²) in [5.74, 6) is 0.126. The maximum atomic E-state index is 15.2. The predicted molar refractivity (Wildman–Crippen MR) is 266 cm³/mol. The molecule has 0 heterocycles. The van der Waals surface area contributed by atoms with Gasteiger partial charge in [0.25, 0.3) is 0 Å². The number of unbranched alkanes of at least 4 members (excludes halogenated alkanes) is 1. The van der Waals surface area contributed by atoms with Crippen LogP contribution in [0.3, 0.4) is 0 Å². The molecule has 0 aliphatic heterocycles. The Hall–Kier alpha value is -2.53. The van der Waals surface area contributed by atoms with Gasteiger partial charge in [0.15, 0.2) is 11.6 Å². The van der Waals surface area contributed by atoms with E-state index in [1.54, 1.807) is 0 Å². The first-order chi connectivity index (χ1) is 31.3. The lowest BCUT2D eigenvalue weighted by Crippen LogP contribution is -2.62. The molecule has 2 amide bonds. The molecule has 0 aromatic rings. The van der Waals surface area contributed by atoms with Crippen LogP contribution in [0, 0.1) is 40.9 Å². The van der Waals surface area contributed by atoms with E-state index in [4.69, 9.17) is 9.47 Å². The Labute approximate surface area is 402 Å². The smallest absolute Gasteiger partial charge is 0.407 e. The minimum Gasteiger partial charge on any atom is -0.465 e. The summed E-state index contributed by atoms with van der Waals surface area (Å²) >= 11 is 0. The summed E-state index contributed by atoms with van der Waals surface area (Å²) in [6.45, 7) is 23.2. The Balaban J connectivity index is 1.48. The number of alkyl carbamates (subject to hydrolysis) is 1. The lowest BCUT2D eigenvalue weighted by Gasteiger charge is -2.46. The van der Waals surface area contributed by atoms with Crippen LogP contribution in [0.2, 0.25) is 0 Å². The van der Waals surface area contributed by atoms with Crippen LogP contribution in [-0.2, 0) is 28.7 Å². The highest BCUT2D eigenvalue weighted by Crippen LogP contribution is 2.42. The molecule has 11 nitrogen and oxygen atoms in total. The highest BCUT2D eigenvalue weighted by molar-refractivity contribution is 5.91. The minimum atomic E-state index is -0.782. The molecule has 66 heavy (non-hydrogen) atoms. The molecule has 0 saturated heterocycles. The summed E-state index contributed by atoms with van der Waals surface area (Å²) in [6, 6.07) is 0.0135. The highest BCUT2D eigenvalue weighted by Gasteiger charge is 2.48. The summed E-state index contributed by atoms with van der Waals surface area (Å²) in [5.41, 5.74) is -2.47. The van der Waals surface area contributed by atoms with Crippen LogP contribution in [0.4, 0.5) is 4.79 Å². The summed E-state index contributed by atoms with van der Waals surface area (Å²) in [7, 11) is 0. The SMILES string of the molecule is CCCCOC(=O)[C@@H](CC)[C@@H]1CCCC[C@@H]1NC(C)(C)C(=O)[C@@H](CC)[C@@H]1CCCC[C@@H]1NC(C)(CC)C(=O)[C@@H](CC)[C@@H]1CCCC[C@@H]1NC(=O)CC1(CNC(=O)OC(C)(C)C)CCCCC1. The Kier molecular flexibility index (Phi) is 22.0. The number of ketones is 2. The summed E-state index contributed by atoms with van der Waals surface area (Å²) < 4.78 is 11.3. The number of hydrogen-bond donors (Lipinski definition) is 4. The fourth-order valence-corrected chi connectivity index (χ4v) is 12.9. The molecule has 4 aliphatic rings. The molecule has 0 aromatic carbocycles. The molecular weight excluding hydrogens is 829 g/mol. The molecule has 4 fully saturated rings. The van der Waals surface area contributed by atoms with Gasteiger partial charge in [0, 0.05) is 42.9 Å². The number of rotatable bonds is 24. The molecule has 4 N–H and O–H groups in total. The van der Waals surface area contributed by atoms with E-state index < -0.39 is 22.8 Å². The van der Waals surface area contributed by atoms with Gasteiger partial charge in [0.05, 0.1) is 23.6 Å². The summed E-state index contributed by atoms with van der Waals surface area (Å²) in [6.07, 6.45) is 21.5. The molecule has 4 saturated carbocycles. The number of esters is 1. The second-order valence-corrected chi connectivity index (χ2v) is 23.2. The van der Waals surface area contributed by atoms with E-state index >= 15 is 4.79 Å². The number of carbonyl (C=O) groups excluding carboxylic acids is 5. The zero-order valence-electron chi connectivity index (χ0n) is 43.9. The van der Waals surface area contributed by atoms with E-state index in [0.717, 1.165) is 135 Å². The minimum absolute atomic E-state index is 0.0188. The van der Waals surface area contributed by atoms with Crippen molar-refractivity contribution in [3.05, 3.63) is 0 Å². The van der Waals surface area contributed by atoms with Gasteiger partial charge < -0.3 is 30.7 Å². The molecule has 0 radical (unpaired) electrons. The normalized spacial score (nSPS) is 27.3. The van der Waals surface area contributed by atoms with Gasteiger partial charge in [-0.05, 0) is 148 Å². The van der Waals surface area contributed by atoms with Gasteiger partial charge in [0.2, 0.25) is 5.91 Å². The zero-order valence-corrected chi connectivity index (χ0v) is 43.9. The second kappa shape index (κ2) is 25.9. The number of nitrogens with one attached hydrogen (secondary N) is 4. The Bertz CT molecular complexity index is 1550. The van der Waals surface area contributed by atoms with E-state index in [1.807, 2.05) is 20.8 Å². The van der Waals surface area contributed by atoms with Crippen LogP contribution in [0.1, 0.15) is 230 Å². The van der Waals surface area contributed by atoms with Gasteiger partial charge >= 0.3 is 12.1 Å². The zero-order chi connectivity index (χ0) is 48.7. The molecule has 0 spiro atoms. The fraction of sp³-hybridized carbons (Fsp3) is 0.909. The van der Waals surface area contributed by atoms with Crippen molar-refractivity contribution >= 4 is 29.5 Å². The fourth-order valence-electron chi connectivity index (χ4n) is 12.9. The standard InChI is InChI=1S/C55H98N4O7/c1-12-17-35-65-50(63)40(15-4)43-29-21-23-31-45(43)58-53(9,10)48(61)38(13-2)42-28-20-24-32-46(42)59-54(11,16-5)49(62)39(14-3)41-27-19-22-30-44(41)57-47(60)36-55(33-25-18-26-34-55)37-56-51(64)66-52(6,7)8/h38-46,58-59H,12-37H2,1-11H3,(H,56,64)(H,57,60)/t38-,39-,40-,41-,42-,43-,44-,45-,46-,54?/m0/s1. The van der Waals surface area contributed by atoms with Crippen molar-refractivity contribution in [2.75, 3.05) is 13.2 Å². The van der Waals surface area contributed by atoms with Gasteiger partial charge in [-0.1, -0.05) is 98.8 Å². The van der Waals surface area contributed by atoms with Crippen LogP contribution in [0.25, 0.3) is 0 Å². The molecule has 10 atom stereocenters. The van der Waals surface area contributed by atoms with E-state index in [-0.39, 0.29) is 82.5 Å². The Morgan fingerprint density at radius 2 is 1.11 bits per heavy atom. The van der Waals surface area contributed by atoms with Crippen LogP contribution in [-0.4, -0.2) is 77.5 Å². The lowest BCUT2D eigenvalue weighted by atomic mass is 9.67. The Morgan fingerprint density at radius 3 is 1.64 bits per heavy atom. The van der Waals surface area contributed by atoms with Crippen molar-refractivity contribution in [3.63, 3.8) is 0 Å². The van der Waals surface area contributed by atoms with Crippen LogP contribution in [0.5, 0.6) is 0 Å². The molecule has 4 aliphatic carbocycles. The van der Waals surface area contributed by atoms with Crippen LogP contribution < -0.4 is 21.3 Å². The van der Waals surface area contributed by atoms with Crippen molar-refractivity contribution in [1.29, 1.82) is 0 Å². The topological polar surface area (TPSA) is 152 Å². The molecule has 1 unspecified atom stereocenters. The first kappa shape index (κ1) is 56.1. The quantitative estimate of drug-likeness (QED) is 0.0547. The van der Waals surface area contributed by atoms with Gasteiger partial charge in [-0.3, -0.25) is 19.2 Å². The highest BCUT2D eigenvalue weighted by atomic mass is 16.6. The first-order valence-corrected chi connectivity index (χ1v) is 27.3. The summed E-state index contributed by atoms with van der Waals surface area (Å²) in [4.78, 5) is 70.3. The third-order valence-electron chi connectivity index (χ3n) is 16.8. The number of Topliss-reactive ketones (excluding diaryl/α,β-unsaturated/α-hetero) is 2. The first-order valence-electron chi connectivity index (χ1n) is 27.3. The van der Waals surface area contributed by atoms with Crippen molar-refractivity contribution in [2.24, 2.45) is 40.9 Å². The number of ether oxygens (including phenoxy) is 2. The van der Waals surface area contributed by atoms with Gasteiger partial charge in [-0.25, -0.2) is 4.79 Å². The Morgan fingerprint density at radius 1 is 0.606 bits per heavy atom. The molecule has 0 bridgehead atoms. The predicted octanol–water partition coefficient (Wildman–Crippen LogP) is 11.3. The van der Waals surface area contributed by atoms with Crippen molar-refractivity contribution in [3.8, 4) is 0 Å². The van der Waals surface area contributed by atoms with E-state index in [9.17, 15) is 19.2 Å². The molecule has 380 valence electrons. The monoisotopic (exact) mass is 927 g/mol. The third-order valence-corrected chi connectivity index (χ3v) is 16.8. The van der Waals surface area contributed by atoms with Gasteiger partial charge in [0.1, 0.15) is 5.60 Å². The largest absolute Gasteiger partial charge is 0.465 e. The summed E-state index contributed by atoms with van der Waals surface area (Å²) in [5, 5.41) is 14.3. The average molecular weight is 927 g/mol. The van der Waals surface area contributed by atoms with Gasteiger partial charge in [-0.2, -0.15) is 0 Å². The van der Waals surface area contributed by atoms with Crippen molar-refractivity contribution in [1.82, 2.24) is 21.3 Å². The molecule has 0 aromatic heterocycles. The maximum Gasteiger partial charge on any atom is 0.407 e. The van der Waals surface area contributed by atoms with E-state index in [2.05, 4.69) is 76.7 Å². The number of amides is 2. The van der Waals surface area contributed by atoms with Crippen molar-refractivity contribution in [2.45, 2.75) is 265 Å². The molecule has 4 rings (SSSR count). The lowest BCUT2D eigenvalue weighted by molar-refractivity contribution is -0.152. The maximum absolute atomic E-state index is 15.2. The second-order valence-electron chi connectivity index (χ2n) is 23.2. The average Bonchev–Trinajstić information content (AvgIpc) is 3.27. The number of hydrogen-bond acceptors (Lipinski definition) is 9. The van der Waals surface area contributed by atoms with Crippen molar-refractivity contribution < 1.29 is 33.4 Å². The molecular formula is C55H98N4O7. The van der Waals surface area contributed by atoms with E-state index in [1.165, 1.54) is 0 Å².